The summed E-state index contributed by atoms with van der Waals surface area (Å²) in [5.41, 5.74) is 1.11. The fourth-order valence-electron chi connectivity index (χ4n) is 3.34. The highest BCUT2D eigenvalue weighted by atomic mass is 16.5. The second-order valence-electron chi connectivity index (χ2n) is 6.91. The quantitative estimate of drug-likeness (QED) is 0.852. The number of hydrogen-bond donors (Lipinski definition) is 1. The highest BCUT2D eigenvalue weighted by molar-refractivity contribution is 5.80. The van der Waals surface area contributed by atoms with E-state index in [-0.39, 0.29) is 17.7 Å². The molecular weight excluding hydrogens is 340 g/mol. The molecule has 2 aromatic rings. The molecule has 1 atom stereocenters. The van der Waals surface area contributed by atoms with Crippen LogP contribution in [-0.4, -0.2) is 36.3 Å². The minimum Gasteiger partial charge on any atom is -0.457 e. The molecule has 1 N–H and O–H groups in total. The molecule has 0 saturated carbocycles. The van der Waals surface area contributed by atoms with Gasteiger partial charge in [-0.15, -0.1) is 0 Å². The minimum absolute atomic E-state index is 0.0395. The lowest BCUT2D eigenvalue weighted by Crippen LogP contribution is -2.45. The summed E-state index contributed by atoms with van der Waals surface area (Å²) in [6, 6.07) is 17.6. The van der Waals surface area contributed by atoms with Crippen molar-refractivity contribution in [1.82, 2.24) is 10.2 Å². The smallest absolute Gasteiger partial charge is 0.224 e. The minimum atomic E-state index is -0.101. The number of benzene rings is 2. The van der Waals surface area contributed by atoms with Crippen LogP contribution >= 0.6 is 0 Å². The number of piperidine rings is 1. The van der Waals surface area contributed by atoms with Gasteiger partial charge in [-0.2, -0.15) is 0 Å². The largest absolute Gasteiger partial charge is 0.457 e. The molecular formula is C22H26N2O3. The fourth-order valence-corrected chi connectivity index (χ4v) is 3.34. The normalized spacial score (nSPS) is 16.6. The van der Waals surface area contributed by atoms with E-state index >= 15 is 0 Å². The van der Waals surface area contributed by atoms with Crippen LogP contribution in [0.15, 0.2) is 54.6 Å². The average Bonchev–Trinajstić information content (AvgIpc) is 2.69. The van der Waals surface area contributed by atoms with Crippen molar-refractivity contribution in [2.75, 3.05) is 19.6 Å². The lowest BCUT2D eigenvalue weighted by molar-refractivity contribution is -0.133. The number of carbonyl (C=O) groups excluding carboxylic acids is 2. The van der Waals surface area contributed by atoms with Crippen LogP contribution in [0, 0.1) is 5.92 Å². The van der Waals surface area contributed by atoms with E-state index in [1.165, 1.54) is 0 Å². The Bertz CT molecular complexity index is 776. The van der Waals surface area contributed by atoms with Crippen LogP contribution in [0.2, 0.25) is 0 Å². The maximum atomic E-state index is 12.4. The Hall–Kier alpha value is -2.82. The van der Waals surface area contributed by atoms with Gasteiger partial charge in [0.25, 0.3) is 0 Å². The number of nitrogens with one attached hydrogen (secondary N) is 1. The standard InChI is InChI=1S/C22H26N2O3/c1-17(25)24-14-6-8-19(16-24)22(26)23-13-12-18-7-5-11-21(15-18)27-20-9-3-2-4-10-20/h2-5,7,9-11,15,19H,6,8,12-14,16H2,1H3,(H,23,26). The molecule has 142 valence electrons. The van der Waals surface area contributed by atoms with E-state index in [4.69, 9.17) is 4.74 Å². The maximum Gasteiger partial charge on any atom is 0.224 e. The zero-order chi connectivity index (χ0) is 19.1. The summed E-state index contributed by atoms with van der Waals surface area (Å²) in [6.07, 6.45) is 2.47. The Morgan fingerprint density at radius 3 is 2.67 bits per heavy atom. The van der Waals surface area contributed by atoms with Gasteiger partial charge in [-0.25, -0.2) is 0 Å². The third-order valence-corrected chi connectivity index (χ3v) is 4.83. The van der Waals surface area contributed by atoms with Crippen LogP contribution < -0.4 is 10.1 Å². The lowest BCUT2D eigenvalue weighted by Gasteiger charge is -2.31. The Kier molecular flexibility index (Phi) is 6.47. The second kappa shape index (κ2) is 9.21. The molecule has 2 aromatic carbocycles. The highest BCUT2D eigenvalue weighted by Gasteiger charge is 2.26. The number of para-hydroxylation sites is 1. The molecule has 3 rings (SSSR count). The van der Waals surface area contributed by atoms with E-state index in [1.54, 1.807) is 11.8 Å². The van der Waals surface area contributed by atoms with Crippen LogP contribution in [0.25, 0.3) is 0 Å². The summed E-state index contributed by atoms with van der Waals surface area (Å²) in [4.78, 5) is 25.7. The third kappa shape index (κ3) is 5.58. The molecule has 1 unspecified atom stereocenters. The first kappa shape index (κ1) is 19.0. The van der Waals surface area contributed by atoms with Gasteiger partial charge in [-0.05, 0) is 49.1 Å². The molecule has 27 heavy (non-hydrogen) atoms. The number of carbonyl (C=O) groups is 2. The predicted octanol–water partition coefficient (Wildman–Crippen LogP) is 3.40. The first-order chi connectivity index (χ1) is 13.1. The highest BCUT2D eigenvalue weighted by Crippen LogP contribution is 2.22. The Morgan fingerprint density at radius 1 is 1.11 bits per heavy atom. The summed E-state index contributed by atoms with van der Waals surface area (Å²) in [7, 11) is 0. The average molecular weight is 366 g/mol. The van der Waals surface area contributed by atoms with E-state index in [9.17, 15) is 9.59 Å². The van der Waals surface area contributed by atoms with Crippen molar-refractivity contribution in [2.45, 2.75) is 26.2 Å². The molecule has 1 saturated heterocycles. The van der Waals surface area contributed by atoms with Gasteiger partial charge in [0, 0.05) is 26.6 Å². The number of amides is 2. The first-order valence-electron chi connectivity index (χ1n) is 9.47. The van der Waals surface area contributed by atoms with Crippen LogP contribution in [0.4, 0.5) is 0 Å². The van der Waals surface area contributed by atoms with E-state index in [2.05, 4.69) is 5.32 Å². The fraction of sp³-hybridized carbons (Fsp3) is 0.364. The Balaban J connectivity index is 1.48. The summed E-state index contributed by atoms with van der Waals surface area (Å²) in [5, 5.41) is 3.01. The number of nitrogens with zero attached hydrogens (tertiary/aromatic N) is 1. The van der Waals surface area contributed by atoms with Gasteiger partial charge in [0.2, 0.25) is 11.8 Å². The van der Waals surface area contributed by atoms with Gasteiger partial charge in [0.05, 0.1) is 5.92 Å². The molecule has 0 bridgehead atoms. The maximum absolute atomic E-state index is 12.4. The summed E-state index contributed by atoms with van der Waals surface area (Å²) in [5.74, 6) is 1.57. The van der Waals surface area contributed by atoms with Gasteiger partial charge in [-0.1, -0.05) is 30.3 Å². The number of hydrogen-bond acceptors (Lipinski definition) is 3. The summed E-state index contributed by atoms with van der Waals surface area (Å²) < 4.78 is 5.85. The number of rotatable bonds is 6. The van der Waals surface area contributed by atoms with Crippen LogP contribution in [0.3, 0.4) is 0 Å². The monoisotopic (exact) mass is 366 g/mol. The molecule has 5 heteroatoms. The number of likely N-dealkylation sites (tertiary alicyclic amines) is 1. The van der Waals surface area contributed by atoms with E-state index in [1.807, 2.05) is 54.6 Å². The van der Waals surface area contributed by atoms with Crippen molar-refractivity contribution >= 4 is 11.8 Å². The summed E-state index contributed by atoms with van der Waals surface area (Å²) >= 11 is 0. The lowest BCUT2D eigenvalue weighted by atomic mass is 9.97. The molecule has 1 fully saturated rings. The molecule has 1 aliphatic heterocycles. The van der Waals surface area contributed by atoms with Gasteiger partial charge in [-0.3, -0.25) is 9.59 Å². The predicted molar refractivity (Wildman–Crippen MR) is 105 cm³/mol. The second-order valence-corrected chi connectivity index (χ2v) is 6.91. The molecule has 0 radical (unpaired) electrons. The van der Waals surface area contributed by atoms with E-state index in [0.717, 1.165) is 42.9 Å². The summed E-state index contributed by atoms with van der Waals surface area (Å²) in [6.45, 7) is 3.42. The van der Waals surface area contributed by atoms with Crippen molar-refractivity contribution in [1.29, 1.82) is 0 Å². The van der Waals surface area contributed by atoms with Crippen LogP contribution in [-0.2, 0) is 16.0 Å². The third-order valence-electron chi connectivity index (χ3n) is 4.83. The zero-order valence-electron chi connectivity index (χ0n) is 15.7. The molecule has 0 aromatic heterocycles. The molecule has 2 amide bonds. The molecule has 1 aliphatic rings. The van der Waals surface area contributed by atoms with Crippen LogP contribution in [0.1, 0.15) is 25.3 Å². The van der Waals surface area contributed by atoms with Crippen LogP contribution in [0.5, 0.6) is 11.5 Å². The topological polar surface area (TPSA) is 58.6 Å². The number of ether oxygens (including phenoxy) is 1. The van der Waals surface area contributed by atoms with Crippen molar-refractivity contribution < 1.29 is 14.3 Å². The van der Waals surface area contributed by atoms with Gasteiger partial charge >= 0.3 is 0 Å². The van der Waals surface area contributed by atoms with E-state index in [0.29, 0.717) is 13.1 Å². The van der Waals surface area contributed by atoms with Crippen molar-refractivity contribution in [2.24, 2.45) is 5.92 Å². The first-order valence-corrected chi connectivity index (χ1v) is 9.47. The molecule has 0 spiro atoms. The van der Waals surface area contributed by atoms with E-state index < -0.39 is 0 Å². The van der Waals surface area contributed by atoms with Gasteiger partial charge < -0.3 is 15.0 Å². The van der Waals surface area contributed by atoms with Crippen molar-refractivity contribution in [3.63, 3.8) is 0 Å². The molecule has 5 nitrogen and oxygen atoms in total. The SMILES string of the molecule is CC(=O)N1CCCC(C(=O)NCCc2cccc(Oc3ccccc3)c2)C1. The van der Waals surface area contributed by atoms with Gasteiger partial charge in [0.15, 0.2) is 0 Å². The zero-order valence-corrected chi connectivity index (χ0v) is 15.7. The Labute approximate surface area is 160 Å². The molecule has 1 heterocycles. The molecule has 0 aliphatic carbocycles. The van der Waals surface area contributed by atoms with Crippen molar-refractivity contribution in [3.8, 4) is 11.5 Å². The Morgan fingerprint density at radius 2 is 1.89 bits per heavy atom. The van der Waals surface area contributed by atoms with Gasteiger partial charge in [0.1, 0.15) is 11.5 Å². The van der Waals surface area contributed by atoms with Crippen molar-refractivity contribution in [3.05, 3.63) is 60.2 Å².